The molecule has 0 radical (unpaired) electrons. The van der Waals surface area contributed by atoms with Crippen molar-refractivity contribution < 1.29 is 9.59 Å². The lowest BCUT2D eigenvalue weighted by Crippen LogP contribution is -1.93. The summed E-state index contributed by atoms with van der Waals surface area (Å²) in [6.07, 6.45) is 5.04. The van der Waals surface area contributed by atoms with Crippen LogP contribution in [0.4, 0.5) is 0 Å². The molecular weight excluding hydrogens is 500 g/mol. The molecule has 5 rings (SSSR count). The second-order valence-corrected chi connectivity index (χ2v) is 8.57. The summed E-state index contributed by atoms with van der Waals surface area (Å²) in [5, 5.41) is 4.14. The van der Waals surface area contributed by atoms with Gasteiger partial charge in [0.05, 0.1) is 0 Å². The number of carbonyl (C=O) groups excluding carboxylic acids is 2. The molecule has 0 saturated heterocycles. The number of hydrogen-bond donors (Lipinski definition) is 0. The maximum Gasteiger partial charge on any atom is 0.160 e. The summed E-state index contributed by atoms with van der Waals surface area (Å²) in [7, 11) is 0. The fourth-order valence-electron chi connectivity index (χ4n) is 3.76. The van der Waals surface area contributed by atoms with Crippen molar-refractivity contribution in [1.82, 2.24) is 9.97 Å². The van der Waals surface area contributed by atoms with E-state index in [0.29, 0.717) is 0 Å². The normalized spacial score (nSPS) is 9.91. The monoisotopic (exact) mass is 528 g/mol. The van der Waals surface area contributed by atoms with Gasteiger partial charge in [0.25, 0.3) is 0 Å². The maximum absolute atomic E-state index is 11.7. The lowest BCUT2D eigenvalue weighted by Gasteiger charge is -2.06. The van der Waals surface area contributed by atoms with E-state index in [-0.39, 0.29) is 26.4 Å². The van der Waals surface area contributed by atoms with Crippen molar-refractivity contribution in [2.45, 2.75) is 28.7 Å². The van der Waals surface area contributed by atoms with Gasteiger partial charge >= 0.3 is 0 Å². The van der Waals surface area contributed by atoms with E-state index in [0.717, 1.165) is 48.3 Å². The first-order valence-electron chi connectivity index (χ1n) is 10.4. The topological polar surface area (TPSA) is 59.9 Å². The Kier molecular flexibility index (Phi) is 9.55. The molecule has 0 unspecified atom stereocenters. The van der Waals surface area contributed by atoms with E-state index in [2.05, 4.69) is 25.9 Å². The lowest BCUT2D eigenvalue weighted by atomic mass is 9.98. The Labute approximate surface area is 215 Å². The van der Waals surface area contributed by atoms with Crippen LogP contribution in [0.3, 0.4) is 0 Å². The van der Waals surface area contributed by atoms with Crippen LogP contribution in [0.25, 0.3) is 32.7 Å². The number of ketones is 2. The number of Topliss-reactive ketones (excluding diaryl/α,β-unsaturated/α-hetero) is 2. The molecule has 0 aliphatic rings. The quantitative estimate of drug-likeness (QED) is 0.220. The molecule has 5 aromatic rings. The Morgan fingerprint density at radius 3 is 1.71 bits per heavy atom. The number of hydrogen-bond acceptors (Lipinski definition) is 4. The number of aromatic nitrogens is 2. The summed E-state index contributed by atoms with van der Waals surface area (Å²) in [4.78, 5) is 31.1. The minimum Gasteiger partial charge on any atom is -0.294 e. The molecule has 0 amide bonds. The SMILES string of the molecule is C.C.CC(=O)c1cccc2ccc(-c3cncnc3)cc12.CC(=O)c1cccc2ccc(Br)cc12. The molecule has 0 saturated carbocycles. The fourth-order valence-corrected chi connectivity index (χ4v) is 4.12. The van der Waals surface area contributed by atoms with Gasteiger partial charge in [-0.05, 0) is 59.2 Å². The zero-order valence-corrected chi connectivity index (χ0v) is 19.8. The van der Waals surface area contributed by atoms with Crippen LogP contribution < -0.4 is 0 Å². The number of rotatable bonds is 3. The summed E-state index contributed by atoms with van der Waals surface area (Å²) in [5.74, 6) is 0.181. The molecule has 35 heavy (non-hydrogen) atoms. The van der Waals surface area contributed by atoms with Gasteiger partial charge in [0.2, 0.25) is 0 Å². The van der Waals surface area contributed by atoms with Gasteiger partial charge in [-0.1, -0.05) is 85.4 Å². The molecule has 1 heterocycles. The van der Waals surface area contributed by atoms with E-state index < -0.39 is 0 Å². The molecule has 0 atom stereocenters. The lowest BCUT2D eigenvalue weighted by molar-refractivity contribution is 0.101. The third-order valence-electron chi connectivity index (χ3n) is 5.38. The van der Waals surface area contributed by atoms with E-state index in [1.54, 1.807) is 26.2 Å². The molecule has 0 bridgehead atoms. The van der Waals surface area contributed by atoms with Gasteiger partial charge in [-0.25, -0.2) is 9.97 Å². The van der Waals surface area contributed by atoms with E-state index >= 15 is 0 Å². The summed E-state index contributed by atoms with van der Waals surface area (Å²) in [6.45, 7) is 3.18. The van der Waals surface area contributed by atoms with Crippen molar-refractivity contribution >= 4 is 49.0 Å². The highest BCUT2D eigenvalue weighted by Gasteiger charge is 2.07. The summed E-state index contributed by atoms with van der Waals surface area (Å²) < 4.78 is 0.999. The largest absolute Gasteiger partial charge is 0.294 e. The smallest absolute Gasteiger partial charge is 0.160 e. The molecule has 1 aromatic heterocycles. The molecule has 0 spiro atoms. The highest BCUT2D eigenvalue weighted by molar-refractivity contribution is 9.10. The first-order chi connectivity index (χ1) is 15.9. The van der Waals surface area contributed by atoms with Crippen LogP contribution in [-0.2, 0) is 0 Å². The third kappa shape index (κ3) is 6.25. The summed E-state index contributed by atoms with van der Waals surface area (Å²) in [5.41, 5.74) is 3.49. The van der Waals surface area contributed by atoms with Crippen molar-refractivity contribution in [2.75, 3.05) is 0 Å². The van der Waals surface area contributed by atoms with Gasteiger partial charge in [-0.3, -0.25) is 9.59 Å². The number of halogens is 1. The molecule has 5 heteroatoms. The number of fused-ring (bicyclic) bond motifs is 2. The maximum atomic E-state index is 11.7. The first kappa shape index (κ1) is 27.5. The van der Waals surface area contributed by atoms with Crippen LogP contribution >= 0.6 is 15.9 Å². The standard InChI is InChI=1S/C16H12N2O.C12H9BrO.2CH4/c1-11(19)15-4-2-3-12-5-6-13(7-16(12)15)14-8-17-10-18-9-14;1-8(14)11-4-2-3-9-5-6-10(13)7-12(9)11;;/h2-10H,1H3;2-7H,1H3;2*1H4. The third-order valence-corrected chi connectivity index (χ3v) is 5.87. The van der Waals surface area contributed by atoms with E-state index in [1.807, 2.05) is 72.8 Å². The van der Waals surface area contributed by atoms with Gasteiger partial charge in [-0.2, -0.15) is 0 Å². The predicted octanol–water partition coefficient (Wildman–Crippen LogP) is 8.58. The fraction of sp³-hybridized carbons (Fsp3) is 0.133. The van der Waals surface area contributed by atoms with Crippen LogP contribution in [0, 0.1) is 0 Å². The van der Waals surface area contributed by atoms with Crippen LogP contribution in [0.1, 0.15) is 49.4 Å². The first-order valence-corrected chi connectivity index (χ1v) is 11.2. The number of benzene rings is 4. The summed E-state index contributed by atoms with van der Waals surface area (Å²) in [6, 6.07) is 23.6. The average Bonchev–Trinajstić information content (AvgIpc) is 2.83. The van der Waals surface area contributed by atoms with Crippen LogP contribution in [0.15, 0.2) is 96.0 Å². The number of nitrogens with zero attached hydrogens (tertiary/aromatic N) is 2. The Morgan fingerprint density at radius 1 is 0.657 bits per heavy atom. The average molecular weight is 529 g/mol. The van der Waals surface area contributed by atoms with Crippen molar-refractivity contribution in [3.8, 4) is 11.1 Å². The predicted molar refractivity (Wildman–Crippen MR) is 150 cm³/mol. The van der Waals surface area contributed by atoms with Crippen LogP contribution in [-0.4, -0.2) is 21.5 Å². The van der Waals surface area contributed by atoms with Crippen LogP contribution in [0.2, 0.25) is 0 Å². The molecule has 178 valence electrons. The van der Waals surface area contributed by atoms with Gasteiger partial charge in [0.15, 0.2) is 11.6 Å². The molecule has 4 aromatic carbocycles. The number of carbonyl (C=O) groups is 2. The van der Waals surface area contributed by atoms with Gasteiger partial charge in [0.1, 0.15) is 6.33 Å². The molecule has 0 aliphatic heterocycles. The van der Waals surface area contributed by atoms with Gasteiger partial charge in [-0.15, -0.1) is 0 Å². The van der Waals surface area contributed by atoms with Crippen molar-refractivity contribution in [3.05, 3.63) is 107 Å². The van der Waals surface area contributed by atoms with Crippen molar-refractivity contribution in [2.24, 2.45) is 0 Å². The second kappa shape index (κ2) is 12.1. The molecule has 0 N–H and O–H groups in total. The van der Waals surface area contributed by atoms with Gasteiger partial charge < -0.3 is 0 Å². The minimum atomic E-state index is 0. The van der Waals surface area contributed by atoms with E-state index in [9.17, 15) is 9.59 Å². The van der Waals surface area contributed by atoms with E-state index in [4.69, 9.17) is 0 Å². The van der Waals surface area contributed by atoms with Crippen molar-refractivity contribution in [3.63, 3.8) is 0 Å². The Bertz CT molecular complexity index is 1480. The highest BCUT2D eigenvalue weighted by atomic mass is 79.9. The minimum absolute atomic E-state index is 0. The zero-order valence-electron chi connectivity index (χ0n) is 18.2. The molecule has 4 nitrogen and oxygen atoms in total. The highest BCUT2D eigenvalue weighted by Crippen LogP contribution is 2.26. The van der Waals surface area contributed by atoms with Gasteiger partial charge in [0, 0.05) is 33.6 Å². The Balaban J connectivity index is 0.000000243. The summed E-state index contributed by atoms with van der Waals surface area (Å²) >= 11 is 3.40. The van der Waals surface area contributed by atoms with Crippen LogP contribution in [0.5, 0.6) is 0 Å². The molecule has 0 fully saturated rings. The second-order valence-electron chi connectivity index (χ2n) is 7.65. The Morgan fingerprint density at radius 2 is 1.17 bits per heavy atom. The van der Waals surface area contributed by atoms with Crippen molar-refractivity contribution in [1.29, 1.82) is 0 Å². The molecular formula is C30H29BrN2O2. The molecule has 0 aliphatic carbocycles. The Hall–Kier alpha value is -3.70. The van der Waals surface area contributed by atoms with E-state index in [1.165, 1.54) is 6.33 Å². The zero-order chi connectivity index (χ0) is 23.4.